The summed E-state index contributed by atoms with van der Waals surface area (Å²) in [6.07, 6.45) is 2.35. The van der Waals surface area contributed by atoms with Gasteiger partial charge in [-0.1, -0.05) is 27.5 Å². The van der Waals surface area contributed by atoms with E-state index in [0.717, 1.165) is 11.8 Å². The van der Waals surface area contributed by atoms with E-state index in [1.165, 1.54) is 6.20 Å². The Morgan fingerprint density at radius 3 is 2.93 bits per heavy atom. The quantitative estimate of drug-likeness (QED) is 0.867. The molecule has 0 aliphatic rings. The van der Waals surface area contributed by atoms with Crippen LogP contribution in [0.25, 0.3) is 0 Å². The van der Waals surface area contributed by atoms with Crippen LogP contribution in [0.2, 0.25) is 5.02 Å². The molecule has 0 aliphatic carbocycles. The normalized spacial score (nSPS) is 12.2. The van der Waals surface area contributed by atoms with Gasteiger partial charge in [0.15, 0.2) is 0 Å². The van der Waals surface area contributed by atoms with E-state index in [1.807, 2.05) is 6.92 Å². The van der Waals surface area contributed by atoms with Gasteiger partial charge in [0.1, 0.15) is 5.69 Å². The number of carbonyl (C=O) groups is 1. The molecule has 3 nitrogen and oxygen atoms in total. The van der Waals surface area contributed by atoms with E-state index < -0.39 is 0 Å². The van der Waals surface area contributed by atoms with Gasteiger partial charge in [-0.15, -0.1) is 0 Å². The summed E-state index contributed by atoms with van der Waals surface area (Å²) in [5.41, 5.74) is 0.390. The molecule has 1 unspecified atom stereocenters. The van der Waals surface area contributed by atoms with Crippen molar-refractivity contribution >= 4 is 33.4 Å². The predicted molar refractivity (Wildman–Crippen MR) is 64.6 cm³/mol. The van der Waals surface area contributed by atoms with Crippen LogP contribution in [0.1, 0.15) is 23.8 Å². The zero-order valence-corrected chi connectivity index (χ0v) is 10.7. The average Bonchev–Trinajstić information content (AvgIpc) is 2.18. The van der Waals surface area contributed by atoms with Crippen molar-refractivity contribution in [3.63, 3.8) is 0 Å². The second-order valence-electron chi connectivity index (χ2n) is 3.21. The molecule has 1 aromatic heterocycles. The lowest BCUT2D eigenvalue weighted by molar-refractivity contribution is 0.0934. The number of carbonyl (C=O) groups excluding carboxylic acids is 1. The van der Waals surface area contributed by atoms with Crippen LogP contribution in [0.15, 0.2) is 18.3 Å². The molecule has 1 aromatic rings. The van der Waals surface area contributed by atoms with Gasteiger partial charge in [-0.25, -0.2) is 4.98 Å². The lowest BCUT2D eigenvalue weighted by Gasteiger charge is -2.11. The fraction of sp³-hybridized carbons (Fsp3) is 0.400. The van der Waals surface area contributed by atoms with Crippen molar-refractivity contribution in [3.05, 3.63) is 29.0 Å². The lowest BCUT2D eigenvalue weighted by Crippen LogP contribution is -2.33. The van der Waals surface area contributed by atoms with Gasteiger partial charge in [0.05, 0.1) is 5.02 Å². The van der Waals surface area contributed by atoms with Crippen LogP contribution in [-0.4, -0.2) is 22.3 Å². The standard InChI is InChI=1S/C10H12BrClN2O/c1-7(4-5-11)14-10(15)9-3-2-8(12)6-13-9/h2-3,6-7H,4-5H2,1H3,(H,14,15). The number of halogens is 2. The molecule has 1 atom stereocenters. The maximum atomic E-state index is 11.6. The summed E-state index contributed by atoms with van der Waals surface area (Å²) in [6.45, 7) is 1.95. The zero-order chi connectivity index (χ0) is 11.3. The molecule has 5 heteroatoms. The summed E-state index contributed by atoms with van der Waals surface area (Å²) in [5, 5.41) is 4.23. The van der Waals surface area contributed by atoms with Crippen LogP contribution in [0, 0.1) is 0 Å². The summed E-state index contributed by atoms with van der Waals surface area (Å²) in [6, 6.07) is 3.39. The monoisotopic (exact) mass is 290 g/mol. The lowest BCUT2D eigenvalue weighted by atomic mass is 10.2. The first-order valence-electron chi connectivity index (χ1n) is 4.62. The fourth-order valence-electron chi connectivity index (χ4n) is 1.04. The van der Waals surface area contributed by atoms with E-state index in [9.17, 15) is 4.79 Å². The number of pyridine rings is 1. The maximum Gasteiger partial charge on any atom is 0.270 e. The highest BCUT2D eigenvalue weighted by Crippen LogP contribution is 2.06. The highest BCUT2D eigenvalue weighted by atomic mass is 79.9. The number of hydrogen-bond acceptors (Lipinski definition) is 2. The fourth-order valence-corrected chi connectivity index (χ4v) is 1.84. The van der Waals surface area contributed by atoms with E-state index in [-0.39, 0.29) is 11.9 Å². The Labute approximate surface area is 102 Å². The maximum absolute atomic E-state index is 11.6. The molecule has 0 radical (unpaired) electrons. The van der Waals surface area contributed by atoms with Crippen molar-refractivity contribution in [1.29, 1.82) is 0 Å². The molecule has 1 heterocycles. The van der Waals surface area contributed by atoms with Crippen molar-refractivity contribution in [2.24, 2.45) is 0 Å². The van der Waals surface area contributed by atoms with Gasteiger partial charge in [0.2, 0.25) is 0 Å². The summed E-state index contributed by atoms with van der Waals surface area (Å²) in [7, 11) is 0. The van der Waals surface area contributed by atoms with Gasteiger partial charge in [0.25, 0.3) is 5.91 Å². The SMILES string of the molecule is CC(CCBr)NC(=O)c1ccc(Cl)cn1. The number of nitrogens with zero attached hydrogens (tertiary/aromatic N) is 1. The third kappa shape index (κ3) is 4.18. The topological polar surface area (TPSA) is 42.0 Å². The molecule has 0 saturated carbocycles. The van der Waals surface area contributed by atoms with Crippen molar-refractivity contribution in [1.82, 2.24) is 10.3 Å². The Balaban J connectivity index is 2.57. The Kier molecular flexibility index (Phi) is 5.05. The minimum atomic E-state index is -0.167. The number of aromatic nitrogens is 1. The third-order valence-electron chi connectivity index (χ3n) is 1.88. The highest BCUT2D eigenvalue weighted by Gasteiger charge is 2.09. The molecule has 0 aromatic carbocycles. The van der Waals surface area contributed by atoms with Gasteiger partial charge in [-0.3, -0.25) is 4.79 Å². The number of hydrogen-bond donors (Lipinski definition) is 1. The van der Waals surface area contributed by atoms with Gasteiger partial charge in [-0.05, 0) is 25.5 Å². The van der Waals surface area contributed by atoms with E-state index in [0.29, 0.717) is 10.7 Å². The first-order valence-corrected chi connectivity index (χ1v) is 6.12. The molecule has 15 heavy (non-hydrogen) atoms. The number of nitrogens with one attached hydrogen (secondary N) is 1. The van der Waals surface area contributed by atoms with Crippen molar-refractivity contribution in [3.8, 4) is 0 Å². The average molecular weight is 292 g/mol. The first-order chi connectivity index (χ1) is 7.13. The first kappa shape index (κ1) is 12.5. The summed E-state index contributed by atoms with van der Waals surface area (Å²) < 4.78 is 0. The van der Waals surface area contributed by atoms with E-state index in [4.69, 9.17) is 11.6 Å². The van der Waals surface area contributed by atoms with E-state index in [1.54, 1.807) is 12.1 Å². The van der Waals surface area contributed by atoms with Crippen LogP contribution in [0.4, 0.5) is 0 Å². The zero-order valence-electron chi connectivity index (χ0n) is 8.34. The molecule has 1 rings (SSSR count). The van der Waals surface area contributed by atoms with Gasteiger partial charge in [0, 0.05) is 17.6 Å². The van der Waals surface area contributed by atoms with Crippen molar-refractivity contribution < 1.29 is 4.79 Å². The van der Waals surface area contributed by atoms with E-state index in [2.05, 4.69) is 26.2 Å². The minimum absolute atomic E-state index is 0.134. The second kappa shape index (κ2) is 6.08. The molecule has 82 valence electrons. The molecular weight excluding hydrogens is 279 g/mol. The van der Waals surface area contributed by atoms with E-state index >= 15 is 0 Å². The van der Waals surface area contributed by atoms with Crippen LogP contribution >= 0.6 is 27.5 Å². The van der Waals surface area contributed by atoms with Crippen molar-refractivity contribution in [2.45, 2.75) is 19.4 Å². The number of amides is 1. The number of alkyl halides is 1. The smallest absolute Gasteiger partial charge is 0.270 e. The predicted octanol–water partition coefficient (Wildman–Crippen LogP) is 2.64. The molecule has 1 N–H and O–H groups in total. The molecule has 0 bridgehead atoms. The Morgan fingerprint density at radius 2 is 2.40 bits per heavy atom. The Bertz CT molecular complexity index is 329. The summed E-state index contributed by atoms with van der Waals surface area (Å²) >= 11 is 8.99. The summed E-state index contributed by atoms with van der Waals surface area (Å²) in [5.74, 6) is -0.167. The van der Waals surface area contributed by atoms with Crippen LogP contribution < -0.4 is 5.32 Å². The Hall–Kier alpha value is -0.610. The van der Waals surface area contributed by atoms with Crippen molar-refractivity contribution in [2.75, 3.05) is 5.33 Å². The van der Waals surface area contributed by atoms with Gasteiger partial charge >= 0.3 is 0 Å². The van der Waals surface area contributed by atoms with Crippen LogP contribution in [0.3, 0.4) is 0 Å². The van der Waals surface area contributed by atoms with Gasteiger partial charge < -0.3 is 5.32 Å². The van der Waals surface area contributed by atoms with Gasteiger partial charge in [-0.2, -0.15) is 0 Å². The molecule has 0 saturated heterocycles. The molecular formula is C10H12BrClN2O. The van der Waals surface area contributed by atoms with Crippen LogP contribution in [-0.2, 0) is 0 Å². The largest absolute Gasteiger partial charge is 0.348 e. The molecule has 0 spiro atoms. The molecule has 0 aliphatic heterocycles. The molecule has 0 fully saturated rings. The second-order valence-corrected chi connectivity index (χ2v) is 4.44. The van der Waals surface area contributed by atoms with Crippen LogP contribution in [0.5, 0.6) is 0 Å². The highest BCUT2D eigenvalue weighted by molar-refractivity contribution is 9.09. The minimum Gasteiger partial charge on any atom is -0.348 e. The third-order valence-corrected chi connectivity index (χ3v) is 2.56. The Morgan fingerprint density at radius 1 is 1.67 bits per heavy atom. The number of rotatable bonds is 4. The molecule has 1 amide bonds. The summed E-state index contributed by atoms with van der Waals surface area (Å²) in [4.78, 5) is 15.5.